The molecule has 0 radical (unpaired) electrons. The normalized spacial score (nSPS) is 12.6. The van der Waals surface area contributed by atoms with Crippen LogP contribution >= 0.6 is 11.3 Å². The molecule has 0 spiro atoms. The van der Waals surface area contributed by atoms with Crippen molar-refractivity contribution in [3.8, 4) is 12.3 Å². The van der Waals surface area contributed by atoms with E-state index in [1.54, 1.807) is 11.3 Å². The minimum absolute atomic E-state index is 0.259. The lowest BCUT2D eigenvalue weighted by molar-refractivity contribution is 0.0261. The van der Waals surface area contributed by atoms with Gasteiger partial charge in [0.15, 0.2) is 0 Å². The zero-order valence-electron chi connectivity index (χ0n) is 10.8. The number of thiophene rings is 1. The molecular formula is C14H21NO2S. The summed E-state index contributed by atoms with van der Waals surface area (Å²) in [6.45, 7) is 5.17. The number of nitrogens with zero attached hydrogens (tertiary/aromatic N) is 1. The van der Waals surface area contributed by atoms with Gasteiger partial charge in [0.2, 0.25) is 0 Å². The van der Waals surface area contributed by atoms with Gasteiger partial charge in [0.25, 0.3) is 0 Å². The Hall–Kier alpha value is -0.860. The first-order valence-corrected chi connectivity index (χ1v) is 7.13. The summed E-state index contributed by atoms with van der Waals surface area (Å²) in [6.07, 6.45) is 5.68. The fourth-order valence-corrected chi connectivity index (χ4v) is 2.46. The molecule has 1 rings (SSSR count). The third kappa shape index (κ3) is 6.18. The molecule has 4 heteroatoms. The molecule has 3 nitrogen and oxygen atoms in total. The van der Waals surface area contributed by atoms with Gasteiger partial charge in [-0.3, -0.25) is 4.90 Å². The summed E-state index contributed by atoms with van der Waals surface area (Å²) < 4.78 is 5.15. The zero-order chi connectivity index (χ0) is 13.2. The summed E-state index contributed by atoms with van der Waals surface area (Å²) >= 11 is 1.70. The summed E-state index contributed by atoms with van der Waals surface area (Å²) in [5.74, 6) is 2.39. The van der Waals surface area contributed by atoms with E-state index in [0.29, 0.717) is 13.2 Å². The number of terminal acetylenes is 1. The number of aliphatic hydroxyl groups excluding tert-OH is 1. The molecule has 0 bridgehead atoms. The summed E-state index contributed by atoms with van der Waals surface area (Å²) in [5.41, 5.74) is 1.30. The zero-order valence-corrected chi connectivity index (χ0v) is 11.7. The number of hydrogen-bond acceptors (Lipinski definition) is 4. The summed E-state index contributed by atoms with van der Waals surface area (Å²) in [6, 6.07) is 2.12. The first-order chi connectivity index (χ1) is 8.76. The van der Waals surface area contributed by atoms with E-state index in [9.17, 15) is 5.11 Å². The molecule has 0 aromatic carbocycles. The van der Waals surface area contributed by atoms with Crippen LogP contribution < -0.4 is 0 Å². The number of ether oxygens (including phenoxy) is 1. The molecule has 1 aromatic heterocycles. The maximum absolute atomic E-state index is 9.87. The summed E-state index contributed by atoms with van der Waals surface area (Å²) in [4.78, 5) is 2.24. The van der Waals surface area contributed by atoms with E-state index < -0.39 is 6.10 Å². The van der Waals surface area contributed by atoms with Gasteiger partial charge in [0.05, 0.1) is 12.7 Å². The van der Waals surface area contributed by atoms with Crippen molar-refractivity contribution in [3.05, 3.63) is 22.4 Å². The predicted octanol–water partition coefficient (Wildman–Crippen LogP) is 1.97. The molecule has 0 saturated carbocycles. The maximum atomic E-state index is 9.87. The van der Waals surface area contributed by atoms with Crippen molar-refractivity contribution in [3.63, 3.8) is 0 Å². The highest BCUT2D eigenvalue weighted by Crippen LogP contribution is 2.10. The van der Waals surface area contributed by atoms with Crippen molar-refractivity contribution in [2.24, 2.45) is 0 Å². The average molecular weight is 267 g/mol. The molecule has 18 heavy (non-hydrogen) atoms. The SMILES string of the molecule is C#CCOC[C@H](O)CN(CCC)Cc1ccsc1. The van der Waals surface area contributed by atoms with Gasteiger partial charge in [-0.05, 0) is 35.4 Å². The lowest BCUT2D eigenvalue weighted by Crippen LogP contribution is -2.35. The Balaban J connectivity index is 2.35. The molecule has 0 fully saturated rings. The fourth-order valence-electron chi connectivity index (χ4n) is 1.80. The first-order valence-electron chi connectivity index (χ1n) is 6.19. The molecule has 0 aliphatic heterocycles. The molecule has 0 saturated heterocycles. The first kappa shape index (κ1) is 15.2. The van der Waals surface area contributed by atoms with E-state index in [0.717, 1.165) is 19.5 Å². The minimum Gasteiger partial charge on any atom is -0.389 e. The third-order valence-corrected chi connectivity index (χ3v) is 3.22. The van der Waals surface area contributed by atoms with E-state index in [4.69, 9.17) is 11.2 Å². The van der Waals surface area contributed by atoms with Gasteiger partial charge in [-0.1, -0.05) is 12.8 Å². The third-order valence-electron chi connectivity index (χ3n) is 2.49. The monoisotopic (exact) mass is 267 g/mol. The van der Waals surface area contributed by atoms with Crippen molar-refractivity contribution in [2.45, 2.75) is 26.0 Å². The van der Waals surface area contributed by atoms with Crippen molar-refractivity contribution in [1.29, 1.82) is 0 Å². The van der Waals surface area contributed by atoms with Crippen LogP contribution in [0, 0.1) is 12.3 Å². The van der Waals surface area contributed by atoms with Crippen LogP contribution in [0.4, 0.5) is 0 Å². The predicted molar refractivity (Wildman–Crippen MR) is 75.5 cm³/mol. The molecular weight excluding hydrogens is 246 g/mol. The Kier molecular flexibility index (Phi) is 7.70. The van der Waals surface area contributed by atoms with Crippen molar-refractivity contribution >= 4 is 11.3 Å². The fraction of sp³-hybridized carbons (Fsp3) is 0.571. The number of hydrogen-bond donors (Lipinski definition) is 1. The van der Waals surface area contributed by atoms with Gasteiger partial charge in [-0.25, -0.2) is 0 Å². The van der Waals surface area contributed by atoms with Crippen molar-refractivity contribution in [1.82, 2.24) is 4.90 Å². The van der Waals surface area contributed by atoms with Crippen LogP contribution in [0.25, 0.3) is 0 Å². The van der Waals surface area contributed by atoms with Gasteiger partial charge in [-0.15, -0.1) is 6.42 Å². The molecule has 100 valence electrons. The van der Waals surface area contributed by atoms with Crippen molar-refractivity contribution in [2.75, 3.05) is 26.3 Å². The Bertz CT molecular complexity index is 345. The molecule has 0 amide bonds. The van der Waals surface area contributed by atoms with E-state index in [-0.39, 0.29) is 6.61 Å². The van der Waals surface area contributed by atoms with Crippen LogP contribution in [0.2, 0.25) is 0 Å². The van der Waals surface area contributed by atoms with Gasteiger partial charge in [0, 0.05) is 13.1 Å². The molecule has 1 heterocycles. The van der Waals surface area contributed by atoms with Gasteiger partial charge in [-0.2, -0.15) is 11.3 Å². The minimum atomic E-state index is -0.483. The molecule has 0 aliphatic rings. The smallest absolute Gasteiger partial charge is 0.107 e. The number of rotatable bonds is 9. The van der Waals surface area contributed by atoms with E-state index in [2.05, 4.69) is 34.6 Å². The van der Waals surface area contributed by atoms with E-state index in [1.165, 1.54) is 5.56 Å². The summed E-state index contributed by atoms with van der Waals surface area (Å²) in [5, 5.41) is 14.1. The average Bonchev–Trinajstić information content (AvgIpc) is 2.82. The lowest BCUT2D eigenvalue weighted by Gasteiger charge is -2.24. The largest absolute Gasteiger partial charge is 0.389 e. The lowest BCUT2D eigenvalue weighted by atomic mass is 10.2. The highest BCUT2D eigenvalue weighted by molar-refractivity contribution is 7.07. The van der Waals surface area contributed by atoms with Gasteiger partial charge in [0.1, 0.15) is 6.61 Å². The second kappa shape index (κ2) is 9.12. The van der Waals surface area contributed by atoms with Crippen LogP contribution in [-0.2, 0) is 11.3 Å². The maximum Gasteiger partial charge on any atom is 0.107 e. The Morgan fingerprint density at radius 3 is 3.06 bits per heavy atom. The van der Waals surface area contributed by atoms with Crippen LogP contribution in [0.15, 0.2) is 16.8 Å². The highest BCUT2D eigenvalue weighted by atomic mass is 32.1. The second-order valence-electron chi connectivity index (χ2n) is 4.24. The van der Waals surface area contributed by atoms with Gasteiger partial charge < -0.3 is 9.84 Å². The summed E-state index contributed by atoms with van der Waals surface area (Å²) in [7, 11) is 0. The molecule has 1 N–H and O–H groups in total. The topological polar surface area (TPSA) is 32.7 Å². The Labute approximate surface area is 113 Å². The highest BCUT2D eigenvalue weighted by Gasteiger charge is 2.12. The Morgan fingerprint density at radius 1 is 1.61 bits per heavy atom. The van der Waals surface area contributed by atoms with Crippen LogP contribution in [0.5, 0.6) is 0 Å². The van der Waals surface area contributed by atoms with Gasteiger partial charge >= 0.3 is 0 Å². The van der Waals surface area contributed by atoms with E-state index in [1.807, 2.05) is 0 Å². The molecule has 1 atom stereocenters. The Morgan fingerprint density at radius 2 is 2.44 bits per heavy atom. The standard InChI is InChI=1S/C14H21NO2S/c1-3-6-15(9-13-5-8-18-12-13)10-14(16)11-17-7-4-2/h2,5,8,12,14,16H,3,6-7,9-11H2,1H3/t14-/m1/s1. The molecule has 1 aromatic rings. The van der Waals surface area contributed by atoms with Crippen molar-refractivity contribution < 1.29 is 9.84 Å². The number of aliphatic hydroxyl groups is 1. The molecule has 0 aliphatic carbocycles. The van der Waals surface area contributed by atoms with Crippen LogP contribution in [0.3, 0.4) is 0 Å². The second-order valence-corrected chi connectivity index (χ2v) is 5.02. The van der Waals surface area contributed by atoms with E-state index >= 15 is 0 Å². The molecule has 0 unspecified atom stereocenters. The van der Waals surface area contributed by atoms with Crippen LogP contribution in [-0.4, -0.2) is 42.4 Å². The van der Waals surface area contributed by atoms with Crippen LogP contribution in [0.1, 0.15) is 18.9 Å². The quantitative estimate of drug-likeness (QED) is 0.548.